The number of anilines is 1. The van der Waals surface area contributed by atoms with Crippen molar-refractivity contribution in [3.8, 4) is 0 Å². The molecule has 0 saturated carbocycles. The van der Waals surface area contributed by atoms with Crippen LogP contribution in [-0.2, 0) is 4.79 Å². The lowest BCUT2D eigenvalue weighted by Gasteiger charge is -2.36. The molecule has 29 heavy (non-hydrogen) atoms. The number of nitrogens with one attached hydrogen (secondary N) is 1. The molecule has 0 bridgehead atoms. The molecule has 2 aromatic rings. The molecular weight excluding hydrogens is 382 g/mol. The van der Waals surface area contributed by atoms with E-state index < -0.39 is 0 Å². The summed E-state index contributed by atoms with van der Waals surface area (Å²) in [6.07, 6.45) is 3.95. The highest BCUT2D eigenvalue weighted by Gasteiger charge is 2.26. The van der Waals surface area contributed by atoms with Crippen LogP contribution in [-0.4, -0.2) is 42.9 Å². The first-order chi connectivity index (χ1) is 14.1. The number of benzene rings is 1. The summed E-state index contributed by atoms with van der Waals surface area (Å²) in [6.45, 7) is 5.86. The van der Waals surface area contributed by atoms with Crippen LogP contribution in [0.3, 0.4) is 0 Å². The summed E-state index contributed by atoms with van der Waals surface area (Å²) in [4.78, 5) is 30.3. The number of amides is 2. The maximum atomic E-state index is 12.7. The maximum Gasteiger partial charge on any atom is 0.251 e. The molecule has 1 aromatic heterocycles. The van der Waals surface area contributed by atoms with E-state index in [1.165, 1.54) is 17.7 Å². The standard InChI is InChI=1S/C23H29N3O2S/c1-17-10-13-25(14-11-17)20(21-4-3-15-29-21)16-24-23(28)18-6-8-19(9-7-18)26-12-2-5-22(26)27/h3-4,6-9,15,17,20H,2,5,10-14,16H2,1H3,(H,24,28)/t20-/m0/s1. The van der Waals surface area contributed by atoms with E-state index in [0.29, 0.717) is 18.5 Å². The van der Waals surface area contributed by atoms with Crippen molar-refractivity contribution >= 4 is 28.8 Å². The zero-order chi connectivity index (χ0) is 20.2. The number of carbonyl (C=O) groups is 2. The van der Waals surface area contributed by atoms with Gasteiger partial charge in [-0.15, -0.1) is 11.3 Å². The molecule has 154 valence electrons. The van der Waals surface area contributed by atoms with E-state index in [4.69, 9.17) is 0 Å². The fourth-order valence-corrected chi connectivity index (χ4v) is 5.10. The zero-order valence-electron chi connectivity index (χ0n) is 17.0. The lowest BCUT2D eigenvalue weighted by Crippen LogP contribution is -2.41. The monoisotopic (exact) mass is 411 g/mol. The quantitative estimate of drug-likeness (QED) is 0.779. The second-order valence-electron chi connectivity index (χ2n) is 8.16. The smallest absolute Gasteiger partial charge is 0.251 e. The van der Waals surface area contributed by atoms with Crippen molar-refractivity contribution in [3.63, 3.8) is 0 Å². The Morgan fingerprint density at radius 3 is 2.55 bits per heavy atom. The summed E-state index contributed by atoms with van der Waals surface area (Å²) in [5.74, 6) is 0.888. The van der Waals surface area contributed by atoms with Gasteiger partial charge >= 0.3 is 0 Å². The lowest BCUT2D eigenvalue weighted by atomic mass is 9.97. The Balaban J connectivity index is 1.39. The number of thiophene rings is 1. The van der Waals surface area contributed by atoms with Crippen LogP contribution in [0.2, 0.25) is 0 Å². The second-order valence-corrected chi connectivity index (χ2v) is 9.13. The molecule has 4 rings (SSSR count). The third-order valence-corrected chi connectivity index (χ3v) is 7.07. The Bertz CT molecular complexity index is 826. The molecule has 2 amide bonds. The van der Waals surface area contributed by atoms with Crippen LogP contribution < -0.4 is 10.2 Å². The first-order valence-corrected chi connectivity index (χ1v) is 11.5. The van der Waals surface area contributed by atoms with Gasteiger partial charge in [-0.1, -0.05) is 13.0 Å². The van der Waals surface area contributed by atoms with E-state index in [-0.39, 0.29) is 17.9 Å². The van der Waals surface area contributed by atoms with E-state index in [1.54, 1.807) is 16.2 Å². The van der Waals surface area contributed by atoms with E-state index >= 15 is 0 Å². The summed E-state index contributed by atoms with van der Waals surface area (Å²) < 4.78 is 0. The minimum absolute atomic E-state index is 0.0590. The van der Waals surface area contributed by atoms with Crippen LogP contribution in [0.25, 0.3) is 0 Å². The van der Waals surface area contributed by atoms with Gasteiger partial charge in [-0.25, -0.2) is 0 Å². The summed E-state index contributed by atoms with van der Waals surface area (Å²) in [5.41, 5.74) is 1.51. The van der Waals surface area contributed by atoms with Crippen molar-refractivity contribution in [2.45, 2.75) is 38.6 Å². The molecule has 6 heteroatoms. The Morgan fingerprint density at radius 1 is 1.17 bits per heavy atom. The minimum Gasteiger partial charge on any atom is -0.350 e. The summed E-state index contributed by atoms with van der Waals surface area (Å²) in [7, 11) is 0. The molecule has 0 aliphatic carbocycles. The van der Waals surface area contributed by atoms with Crippen LogP contribution >= 0.6 is 11.3 Å². The highest BCUT2D eigenvalue weighted by molar-refractivity contribution is 7.10. The summed E-state index contributed by atoms with van der Waals surface area (Å²) >= 11 is 1.76. The van der Waals surface area contributed by atoms with Crippen LogP contribution in [0, 0.1) is 5.92 Å². The third-order valence-electron chi connectivity index (χ3n) is 6.10. The number of carbonyl (C=O) groups excluding carboxylic acids is 2. The molecule has 3 heterocycles. The van der Waals surface area contributed by atoms with Gasteiger partial charge in [0.25, 0.3) is 5.91 Å². The predicted molar refractivity (Wildman–Crippen MR) is 117 cm³/mol. The first-order valence-electron chi connectivity index (χ1n) is 10.6. The number of likely N-dealkylation sites (tertiary alicyclic amines) is 1. The van der Waals surface area contributed by atoms with Crippen LogP contribution in [0.15, 0.2) is 41.8 Å². The average Bonchev–Trinajstić information content (AvgIpc) is 3.41. The average molecular weight is 412 g/mol. The van der Waals surface area contributed by atoms with Gasteiger partial charge < -0.3 is 10.2 Å². The van der Waals surface area contributed by atoms with Gasteiger partial charge in [0.2, 0.25) is 5.91 Å². The Hall–Kier alpha value is -2.18. The van der Waals surface area contributed by atoms with Gasteiger partial charge in [0.15, 0.2) is 0 Å². The van der Waals surface area contributed by atoms with Crippen molar-refractivity contribution in [3.05, 3.63) is 52.2 Å². The first kappa shape index (κ1) is 20.1. The van der Waals surface area contributed by atoms with Crippen molar-refractivity contribution in [1.82, 2.24) is 10.2 Å². The van der Waals surface area contributed by atoms with E-state index in [1.807, 2.05) is 24.3 Å². The second kappa shape index (κ2) is 9.09. The molecular formula is C23H29N3O2S. The number of rotatable bonds is 6. The lowest BCUT2D eigenvalue weighted by molar-refractivity contribution is -0.117. The van der Waals surface area contributed by atoms with Gasteiger partial charge in [-0.3, -0.25) is 14.5 Å². The van der Waals surface area contributed by atoms with Gasteiger partial charge in [0.05, 0.1) is 6.04 Å². The molecule has 5 nitrogen and oxygen atoms in total. The Morgan fingerprint density at radius 2 is 1.93 bits per heavy atom. The van der Waals surface area contributed by atoms with Gasteiger partial charge in [-0.05, 0) is 74.0 Å². The van der Waals surface area contributed by atoms with Gasteiger partial charge in [0, 0.05) is 35.6 Å². The highest BCUT2D eigenvalue weighted by atomic mass is 32.1. The molecule has 0 unspecified atom stereocenters. The van der Waals surface area contributed by atoms with Crippen LogP contribution in [0.5, 0.6) is 0 Å². The molecule has 1 atom stereocenters. The fourth-order valence-electron chi connectivity index (χ4n) is 4.24. The zero-order valence-corrected chi connectivity index (χ0v) is 17.8. The van der Waals surface area contributed by atoms with Crippen molar-refractivity contribution in [1.29, 1.82) is 0 Å². The van der Waals surface area contributed by atoms with E-state index in [9.17, 15) is 9.59 Å². The highest BCUT2D eigenvalue weighted by Crippen LogP contribution is 2.29. The molecule has 2 fully saturated rings. The Labute approximate surface area is 176 Å². The Kier molecular flexibility index (Phi) is 6.31. The number of hydrogen-bond donors (Lipinski definition) is 1. The van der Waals surface area contributed by atoms with Crippen LogP contribution in [0.1, 0.15) is 53.9 Å². The van der Waals surface area contributed by atoms with Gasteiger partial charge in [-0.2, -0.15) is 0 Å². The molecule has 0 radical (unpaired) electrons. The van der Waals surface area contributed by atoms with Crippen LogP contribution in [0.4, 0.5) is 5.69 Å². The molecule has 2 aliphatic heterocycles. The van der Waals surface area contributed by atoms with Crippen molar-refractivity contribution < 1.29 is 9.59 Å². The predicted octanol–water partition coefficient (Wildman–Crippen LogP) is 4.08. The molecule has 2 saturated heterocycles. The molecule has 0 spiro atoms. The SMILES string of the molecule is CC1CCN([C@@H](CNC(=O)c2ccc(N3CCCC3=O)cc2)c2cccs2)CC1. The third kappa shape index (κ3) is 4.70. The normalized spacial score (nSPS) is 19.5. The number of piperidine rings is 1. The van der Waals surface area contributed by atoms with E-state index in [2.05, 4.69) is 34.7 Å². The van der Waals surface area contributed by atoms with Crippen molar-refractivity contribution in [2.24, 2.45) is 5.92 Å². The minimum atomic E-state index is -0.0590. The molecule has 1 N–H and O–H groups in total. The molecule has 2 aliphatic rings. The maximum absolute atomic E-state index is 12.7. The van der Waals surface area contributed by atoms with Crippen molar-refractivity contribution in [2.75, 3.05) is 31.1 Å². The molecule has 1 aromatic carbocycles. The van der Waals surface area contributed by atoms with E-state index in [0.717, 1.165) is 37.7 Å². The topological polar surface area (TPSA) is 52.7 Å². The fraction of sp³-hybridized carbons (Fsp3) is 0.478. The summed E-state index contributed by atoms with van der Waals surface area (Å²) in [6, 6.07) is 11.9. The van der Waals surface area contributed by atoms with Gasteiger partial charge in [0.1, 0.15) is 0 Å². The number of hydrogen-bond acceptors (Lipinski definition) is 4. The summed E-state index contributed by atoms with van der Waals surface area (Å²) in [5, 5.41) is 5.25. The number of nitrogens with zero attached hydrogens (tertiary/aromatic N) is 2. The largest absolute Gasteiger partial charge is 0.350 e.